The van der Waals surface area contributed by atoms with Gasteiger partial charge in [-0.15, -0.1) is 0 Å². The Morgan fingerprint density at radius 1 is 1.10 bits per heavy atom. The molecule has 0 spiro atoms. The summed E-state index contributed by atoms with van der Waals surface area (Å²) in [5.41, 5.74) is 6.06. The summed E-state index contributed by atoms with van der Waals surface area (Å²) < 4.78 is 10.9. The van der Waals surface area contributed by atoms with Crippen LogP contribution in [0.25, 0.3) is 6.08 Å². The van der Waals surface area contributed by atoms with Gasteiger partial charge in [0.2, 0.25) is 5.91 Å². The number of hydrogen-bond donors (Lipinski definition) is 2. The van der Waals surface area contributed by atoms with E-state index in [1.54, 1.807) is 31.4 Å². The van der Waals surface area contributed by atoms with E-state index in [1.165, 1.54) is 44.6 Å². The van der Waals surface area contributed by atoms with Crippen LogP contribution in [0.4, 0.5) is 0 Å². The smallest absolute Gasteiger partial charge is 0.262 e. The van der Waals surface area contributed by atoms with Gasteiger partial charge in [0.1, 0.15) is 6.61 Å². The maximum absolute atomic E-state index is 12.5. The molecule has 0 radical (unpaired) electrons. The summed E-state index contributed by atoms with van der Waals surface area (Å²) in [6.45, 7) is 4.01. The predicted molar refractivity (Wildman–Crippen MR) is 119 cm³/mol. The summed E-state index contributed by atoms with van der Waals surface area (Å²) in [6.07, 6.45) is 12.8. The summed E-state index contributed by atoms with van der Waals surface area (Å²) in [4.78, 5) is 24.7. The second-order valence-electron chi connectivity index (χ2n) is 9.48. The maximum Gasteiger partial charge on any atom is 0.262 e. The lowest BCUT2D eigenvalue weighted by Gasteiger charge is -2.56. The Kier molecular flexibility index (Phi) is 6.35. The van der Waals surface area contributed by atoms with E-state index < -0.39 is 0 Å². The molecule has 2 N–H and O–H groups in total. The van der Waals surface area contributed by atoms with E-state index in [0.29, 0.717) is 24.5 Å². The Labute approximate surface area is 184 Å². The van der Waals surface area contributed by atoms with E-state index in [2.05, 4.69) is 17.4 Å². The van der Waals surface area contributed by atoms with Gasteiger partial charge in [-0.25, -0.2) is 0 Å². The highest BCUT2D eigenvalue weighted by Gasteiger charge is 2.51. The first-order valence-electron chi connectivity index (χ1n) is 11.2. The van der Waals surface area contributed by atoms with E-state index in [-0.39, 0.29) is 17.2 Å². The van der Waals surface area contributed by atoms with Crippen molar-refractivity contribution in [3.63, 3.8) is 0 Å². The van der Waals surface area contributed by atoms with Crippen molar-refractivity contribution < 1.29 is 19.1 Å². The highest BCUT2D eigenvalue weighted by atomic mass is 16.5. The van der Waals surface area contributed by atoms with Crippen LogP contribution < -0.4 is 20.3 Å². The van der Waals surface area contributed by atoms with E-state index in [4.69, 9.17) is 9.47 Å². The van der Waals surface area contributed by atoms with Crippen LogP contribution >= 0.6 is 0 Å². The minimum atomic E-state index is -0.371. The molecule has 6 heteroatoms. The van der Waals surface area contributed by atoms with Crippen LogP contribution in [0.5, 0.6) is 11.5 Å². The summed E-state index contributed by atoms with van der Waals surface area (Å²) >= 11 is 0. The van der Waals surface area contributed by atoms with E-state index >= 15 is 0 Å². The molecular formula is C25H32N2O4. The second-order valence-corrected chi connectivity index (χ2v) is 9.48. The van der Waals surface area contributed by atoms with Crippen molar-refractivity contribution in [3.05, 3.63) is 42.5 Å². The fourth-order valence-electron chi connectivity index (χ4n) is 6.29. The fraction of sp³-hybridized carbons (Fsp3) is 0.520. The van der Waals surface area contributed by atoms with Gasteiger partial charge < -0.3 is 9.47 Å². The molecule has 1 aromatic carbocycles. The van der Waals surface area contributed by atoms with Crippen molar-refractivity contribution in [1.29, 1.82) is 0 Å². The normalized spacial score (nSPS) is 28.4. The van der Waals surface area contributed by atoms with Crippen LogP contribution in [0, 0.1) is 23.2 Å². The lowest BCUT2D eigenvalue weighted by Crippen LogP contribution is -2.49. The molecule has 6 nitrogen and oxygen atoms in total. The Hall–Kier alpha value is -2.76. The number of benzene rings is 1. The van der Waals surface area contributed by atoms with Gasteiger partial charge in [0.05, 0.1) is 7.11 Å². The molecule has 0 atom stereocenters. The third-order valence-corrected chi connectivity index (χ3v) is 7.00. The minimum absolute atomic E-state index is 0.0888. The molecule has 4 bridgehead atoms. The standard InChI is InChI=1S/C25H32N2O4/c1-3-8-31-21-6-4-17(12-22(21)30-2)5-7-23(28)26-27-24(29)16-25-13-18-9-19(14-25)11-20(10-18)15-25/h3-7,12,18-20H,1,8-11,13-16H2,2H3,(H,26,28)(H,27,29)/b7-5+. The average Bonchev–Trinajstić information content (AvgIpc) is 2.73. The fourth-order valence-corrected chi connectivity index (χ4v) is 6.29. The average molecular weight is 425 g/mol. The summed E-state index contributed by atoms with van der Waals surface area (Å²) in [6, 6.07) is 5.40. The van der Waals surface area contributed by atoms with Crippen molar-refractivity contribution >= 4 is 17.9 Å². The van der Waals surface area contributed by atoms with Crippen molar-refractivity contribution in [2.24, 2.45) is 23.2 Å². The molecule has 166 valence electrons. The summed E-state index contributed by atoms with van der Waals surface area (Å²) in [5.74, 6) is 3.15. The molecular weight excluding hydrogens is 392 g/mol. The molecule has 0 heterocycles. The summed E-state index contributed by atoms with van der Waals surface area (Å²) in [7, 11) is 1.57. The molecule has 2 amide bonds. The van der Waals surface area contributed by atoms with Crippen LogP contribution in [0.1, 0.15) is 50.5 Å². The SMILES string of the molecule is C=CCOc1ccc(/C=C/C(=O)NNC(=O)CC23CC4CC(CC(C4)C2)C3)cc1OC. The molecule has 0 unspecified atom stereocenters. The Balaban J connectivity index is 1.27. The number of hydrazine groups is 1. The first-order valence-corrected chi connectivity index (χ1v) is 11.2. The zero-order valence-electron chi connectivity index (χ0n) is 18.2. The third-order valence-electron chi connectivity index (χ3n) is 7.00. The Bertz CT molecular complexity index is 841. The number of nitrogens with one attached hydrogen (secondary N) is 2. The van der Waals surface area contributed by atoms with Gasteiger partial charge in [0.25, 0.3) is 5.91 Å². The van der Waals surface area contributed by atoms with E-state index in [1.807, 2.05) is 6.07 Å². The number of carbonyl (C=O) groups excluding carboxylic acids is 2. The van der Waals surface area contributed by atoms with Gasteiger partial charge in [-0.3, -0.25) is 20.4 Å². The van der Waals surface area contributed by atoms with Gasteiger partial charge in [-0.05, 0) is 85.5 Å². The van der Waals surface area contributed by atoms with Crippen molar-refractivity contribution in [2.45, 2.75) is 44.9 Å². The molecule has 1 aromatic rings. The van der Waals surface area contributed by atoms with Crippen LogP contribution in [0.15, 0.2) is 36.9 Å². The van der Waals surface area contributed by atoms with E-state index in [0.717, 1.165) is 23.3 Å². The molecule has 5 rings (SSSR count). The molecule has 31 heavy (non-hydrogen) atoms. The second kappa shape index (κ2) is 9.16. The van der Waals surface area contributed by atoms with Crippen molar-refractivity contribution in [3.8, 4) is 11.5 Å². The highest BCUT2D eigenvalue weighted by molar-refractivity contribution is 5.93. The number of amides is 2. The largest absolute Gasteiger partial charge is 0.493 e. The van der Waals surface area contributed by atoms with Crippen LogP contribution in [0.2, 0.25) is 0 Å². The van der Waals surface area contributed by atoms with Gasteiger partial charge in [-0.2, -0.15) is 0 Å². The molecule has 0 saturated heterocycles. The van der Waals surface area contributed by atoms with Crippen LogP contribution in [-0.2, 0) is 9.59 Å². The number of ether oxygens (including phenoxy) is 2. The molecule has 0 aliphatic heterocycles. The molecule has 4 saturated carbocycles. The first-order chi connectivity index (χ1) is 15.0. The number of carbonyl (C=O) groups is 2. The topological polar surface area (TPSA) is 76.7 Å². The molecule has 4 aliphatic rings. The number of hydrogen-bond acceptors (Lipinski definition) is 4. The van der Waals surface area contributed by atoms with Crippen LogP contribution in [-0.4, -0.2) is 25.5 Å². The quantitative estimate of drug-likeness (QED) is 0.375. The van der Waals surface area contributed by atoms with Gasteiger partial charge in [-0.1, -0.05) is 18.7 Å². The zero-order valence-corrected chi connectivity index (χ0v) is 18.2. The maximum atomic E-state index is 12.5. The van der Waals surface area contributed by atoms with Crippen molar-refractivity contribution in [2.75, 3.05) is 13.7 Å². The van der Waals surface area contributed by atoms with Gasteiger partial charge in [0.15, 0.2) is 11.5 Å². The predicted octanol–water partition coefficient (Wildman–Crippen LogP) is 4.03. The van der Waals surface area contributed by atoms with E-state index in [9.17, 15) is 9.59 Å². The first kappa shape index (κ1) is 21.5. The third kappa shape index (κ3) is 5.12. The molecule has 0 aromatic heterocycles. The highest BCUT2D eigenvalue weighted by Crippen LogP contribution is 2.61. The molecule has 4 fully saturated rings. The zero-order chi connectivity index (χ0) is 21.8. The minimum Gasteiger partial charge on any atom is -0.493 e. The van der Waals surface area contributed by atoms with Gasteiger partial charge in [0, 0.05) is 12.5 Å². The lowest BCUT2D eigenvalue weighted by molar-refractivity contribution is -0.133. The number of methoxy groups -OCH3 is 1. The van der Waals surface area contributed by atoms with Crippen molar-refractivity contribution in [1.82, 2.24) is 10.9 Å². The lowest BCUT2D eigenvalue weighted by atomic mass is 9.49. The van der Waals surface area contributed by atoms with Gasteiger partial charge >= 0.3 is 0 Å². The Morgan fingerprint density at radius 2 is 1.77 bits per heavy atom. The Morgan fingerprint density at radius 3 is 2.39 bits per heavy atom. The number of rotatable bonds is 8. The molecule has 4 aliphatic carbocycles. The monoisotopic (exact) mass is 424 g/mol. The summed E-state index contributed by atoms with van der Waals surface area (Å²) in [5, 5.41) is 0. The van der Waals surface area contributed by atoms with Crippen LogP contribution in [0.3, 0.4) is 0 Å².